The van der Waals surface area contributed by atoms with Gasteiger partial charge in [-0.1, -0.05) is 0 Å². The lowest BCUT2D eigenvalue weighted by molar-refractivity contribution is -0.152. The molecular weight excluding hydrogens is 355 g/mol. The zero-order chi connectivity index (χ0) is 15.6. The highest BCUT2D eigenvalue weighted by Gasteiger charge is 2.40. The first-order chi connectivity index (χ1) is 9.82. The van der Waals surface area contributed by atoms with E-state index in [-0.39, 0.29) is 11.2 Å². The lowest BCUT2D eigenvalue weighted by Crippen LogP contribution is -2.45. The molecule has 0 fully saturated rings. The number of carbonyl (C=O) groups is 1. The molecule has 0 radical (unpaired) electrons. The SMILES string of the molecule is N#CCC(NC(=O)c1cc(Br)cn2ncnc12)C(F)(F)F. The maximum absolute atomic E-state index is 12.7. The van der Waals surface area contributed by atoms with Gasteiger partial charge in [-0.15, -0.1) is 0 Å². The summed E-state index contributed by atoms with van der Waals surface area (Å²) in [5, 5.41) is 14.0. The van der Waals surface area contributed by atoms with Gasteiger partial charge in [0.25, 0.3) is 5.91 Å². The van der Waals surface area contributed by atoms with E-state index in [2.05, 4.69) is 26.0 Å². The molecule has 1 unspecified atom stereocenters. The second kappa shape index (κ2) is 5.69. The standard InChI is InChI=1S/C11H7BrF3N5O/c12-6-3-7(9-17-5-18-20(9)4-6)10(21)19-8(1-2-16)11(13,14)15/h3-5,8H,1H2,(H,19,21). The van der Waals surface area contributed by atoms with Crippen molar-refractivity contribution in [3.8, 4) is 6.07 Å². The fraction of sp³-hybridized carbons (Fsp3) is 0.273. The molecule has 0 spiro atoms. The van der Waals surface area contributed by atoms with Crippen molar-refractivity contribution >= 4 is 27.5 Å². The fourth-order valence-electron chi connectivity index (χ4n) is 1.64. The van der Waals surface area contributed by atoms with Crippen LogP contribution in [0.15, 0.2) is 23.1 Å². The van der Waals surface area contributed by atoms with Crippen LogP contribution in [0.4, 0.5) is 13.2 Å². The molecule has 1 N–H and O–H groups in total. The molecule has 110 valence electrons. The predicted molar refractivity (Wildman–Crippen MR) is 68.2 cm³/mol. The second-order valence-corrected chi connectivity index (χ2v) is 4.95. The van der Waals surface area contributed by atoms with Gasteiger partial charge < -0.3 is 5.32 Å². The lowest BCUT2D eigenvalue weighted by atomic mass is 10.2. The number of alkyl halides is 3. The Hall–Kier alpha value is -2.15. The van der Waals surface area contributed by atoms with Crippen molar-refractivity contribution in [3.63, 3.8) is 0 Å². The van der Waals surface area contributed by atoms with Gasteiger partial charge in [-0.2, -0.15) is 23.5 Å². The Morgan fingerprint density at radius 3 is 2.90 bits per heavy atom. The van der Waals surface area contributed by atoms with Gasteiger partial charge in [0, 0.05) is 10.7 Å². The molecule has 0 saturated heterocycles. The summed E-state index contributed by atoms with van der Waals surface area (Å²) >= 11 is 3.13. The van der Waals surface area contributed by atoms with Gasteiger partial charge in [-0.25, -0.2) is 9.50 Å². The third-order valence-electron chi connectivity index (χ3n) is 2.58. The summed E-state index contributed by atoms with van der Waals surface area (Å²) in [4.78, 5) is 15.8. The Labute approximate surface area is 124 Å². The van der Waals surface area contributed by atoms with E-state index in [9.17, 15) is 18.0 Å². The molecule has 1 atom stereocenters. The normalized spacial score (nSPS) is 12.9. The smallest absolute Gasteiger partial charge is 0.339 e. The summed E-state index contributed by atoms with van der Waals surface area (Å²) in [5.74, 6) is -0.980. The van der Waals surface area contributed by atoms with Gasteiger partial charge in [-0.3, -0.25) is 4.79 Å². The molecule has 0 bridgehead atoms. The Bertz CT molecular complexity index is 721. The Morgan fingerprint density at radius 2 is 2.29 bits per heavy atom. The minimum atomic E-state index is -4.71. The first kappa shape index (κ1) is 15.2. The Kier molecular flexibility index (Phi) is 4.13. The van der Waals surface area contributed by atoms with Crippen LogP contribution in [-0.4, -0.2) is 32.7 Å². The number of hydrogen-bond donors (Lipinski definition) is 1. The maximum Gasteiger partial charge on any atom is 0.409 e. The number of rotatable bonds is 3. The van der Waals surface area contributed by atoms with Gasteiger partial charge in [0.15, 0.2) is 5.65 Å². The quantitative estimate of drug-likeness (QED) is 0.906. The molecule has 6 nitrogen and oxygen atoms in total. The zero-order valence-electron chi connectivity index (χ0n) is 10.2. The lowest BCUT2D eigenvalue weighted by Gasteiger charge is -2.19. The molecule has 2 aromatic heterocycles. The highest BCUT2D eigenvalue weighted by molar-refractivity contribution is 9.10. The molecule has 0 aliphatic heterocycles. The van der Waals surface area contributed by atoms with E-state index in [4.69, 9.17) is 5.26 Å². The van der Waals surface area contributed by atoms with Gasteiger partial charge >= 0.3 is 6.18 Å². The van der Waals surface area contributed by atoms with Gasteiger partial charge in [0.1, 0.15) is 12.4 Å². The Balaban J connectivity index is 2.34. The molecule has 21 heavy (non-hydrogen) atoms. The fourth-order valence-corrected chi connectivity index (χ4v) is 2.06. The van der Waals surface area contributed by atoms with Crippen LogP contribution in [0.2, 0.25) is 0 Å². The molecule has 2 rings (SSSR count). The van der Waals surface area contributed by atoms with Gasteiger partial charge in [-0.05, 0) is 22.0 Å². The predicted octanol–water partition coefficient (Wildman–Crippen LogP) is 2.07. The Morgan fingerprint density at radius 1 is 1.57 bits per heavy atom. The van der Waals surface area contributed by atoms with Crippen molar-refractivity contribution in [2.45, 2.75) is 18.6 Å². The second-order valence-electron chi connectivity index (χ2n) is 4.03. The molecular formula is C11H7BrF3N5O. The van der Waals surface area contributed by atoms with E-state index < -0.39 is 24.5 Å². The van der Waals surface area contributed by atoms with E-state index in [1.54, 1.807) is 5.32 Å². The third-order valence-corrected chi connectivity index (χ3v) is 3.02. The van der Waals surface area contributed by atoms with Crippen LogP contribution >= 0.6 is 15.9 Å². The molecule has 0 aromatic carbocycles. The number of hydrogen-bond acceptors (Lipinski definition) is 4. The molecule has 10 heteroatoms. The largest absolute Gasteiger partial charge is 0.409 e. The zero-order valence-corrected chi connectivity index (χ0v) is 11.8. The number of carbonyl (C=O) groups excluding carboxylic acids is 1. The van der Waals surface area contributed by atoms with Crippen LogP contribution in [0.3, 0.4) is 0 Å². The highest BCUT2D eigenvalue weighted by Crippen LogP contribution is 2.23. The summed E-state index contributed by atoms with van der Waals surface area (Å²) < 4.78 is 39.8. The van der Waals surface area contributed by atoms with Crippen LogP contribution in [0.1, 0.15) is 16.8 Å². The summed E-state index contributed by atoms with van der Waals surface area (Å²) in [7, 11) is 0. The number of nitriles is 1. The molecule has 0 aliphatic rings. The van der Waals surface area contributed by atoms with E-state index in [0.29, 0.717) is 4.47 Å². The first-order valence-corrected chi connectivity index (χ1v) is 6.35. The average molecular weight is 362 g/mol. The minimum absolute atomic E-state index is 0.0749. The van der Waals surface area contributed by atoms with Crippen LogP contribution in [-0.2, 0) is 0 Å². The molecule has 2 heterocycles. The first-order valence-electron chi connectivity index (χ1n) is 5.56. The topological polar surface area (TPSA) is 83.1 Å². The third kappa shape index (κ3) is 3.30. The maximum atomic E-state index is 12.7. The number of fused-ring (bicyclic) bond motifs is 1. The van der Waals surface area contributed by atoms with Crippen molar-refractivity contribution in [2.75, 3.05) is 0 Å². The van der Waals surface area contributed by atoms with Crippen molar-refractivity contribution in [3.05, 3.63) is 28.6 Å². The molecule has 0 aliphatic carbocycles. The van der Waals surface area contributed by atoms with Crippen molar-refractivity contribution < 1.29 is 18.0 Å². The van der Waals surface area contributed by atoms with Gasteiger partial charge in [0.2, 0.25) is 0 Å². The summed E-state index contributed by atoms with van der Waals surface area (Å²) in [5.41, 5.74) is 0.0441. The van der Waals surface area contributed by atoms with Crippen LogP contribution in [0, 0.1) is 11.3 Å². The summed E-state index contributed by atoms with van der Waals surface area (Å²) in [6.07, 6.45) is -2.89. The van der Waals surface area contributed by atoms with Crippen LogP contribution in [0.25, 0.3) is 5.65 Å². The molecule has 2 aromatic rings. The van der Waals surface area contributed by atoms with E-state index in [1.807, 2.05) is 0 Å². The number of amides is 1. The number of nitrogens with zero attached hydrogens (tertiary/aromatic N) is 4. The number of halogens is 4. The van der Waals surface area contributed by atoms with E-state index in [1.165, 1.54) is 29.2 Å². The average Bonchev–Trinajstić information content (AvgIpc) is 2.83. The van der Waals surface area contributed by atoms with Crippen molar-refractivity contribution in [2.24, 2.45) is 0 Å². The van der Waals surface area contributed by atoms with Crippen LogP contribution in [0.5, 0.6) is 0 Å². The van der Waals surface area contributed by atoms with E-state index in [0.717, 1.165) is 0 Å². The summed E-state index contributed by atoms with van der Waals surface area (Å²) in [6, 6.07) is 0.491. The minimum Gasteiger partial charge on any atom is -0.339 e. The number of nitrogens with one attached hydrogen (secondary N) is 1. The highest BCUT2D eigenvalue weighted by atomic mass is 79.9. The monoisotopic (exact) mass is 361 g/mol. The summed E-state index contributed by atoms with van der Waals surface area (Å²) in [6.45, 7) is 0. The van der Waals surface area contributed by atoms with Crippen molar-refractivity contribution in [1.29, 1.82) is 5.26 Å². The van der Waals surface area contributed by atoms with Crippen molar-refractivity contribution in [1.82, 2.24) is 19.9 Å². The number of pyridine rings is 1. The van der Waals surface area contributed by atoms with Gasteiger partial charge in [0.05, 0.1) is 18.1 Å². The van der Waals surface area contributed by atoms with E-state index >= 15 is 0 Å². The van der Waals surface area contributed by atoms with Crippen LogP contribution < -0.4 is 5.32 Å². The molecule has 0 saturated carbocycles. The number of aromatic nitrogens is 3. The molecule has 1 amide bonds.